The van der Waals surface area contributed by atoms with E-state index in [2.05, 4.69) is 72.8 Å². The van der Waals surface area contributed by atoms with Crippen LogP contribution < -0.4 is 15.8 Å². The number of rotatable bonds is 17. The van der Waals surface area contributed by atoms with Crippen molar-refractivity contribution in [2.45, 2.75) is 126 Å². The largest absolute Gasteiger partial charge is 0.496 e. The van der Waals surface area contributed by atoms with Crippen LogP contribution in [0.5, 0.6) is 5.75 Å². The van der Waals surface area contributed by atoms with E-state index in [1.807, 2.05) is 52.0 Å². The molecule has 2 unspecified atom stereocenters. The second-order valence-corrected chi connectivity index (χ2v) is 20.4. The number of ether oxygens (including phenoxy) is 2. The van der Waals surface area contributed by atoms with E-state index >= 15 is 0 Å². The third-order valence-electron chi connectivity index (χ3n) is 11.7. The molecule has 0 aliphatic carbocycles. The molecular formula is C49H74Cl2N2O6. The molecule has 10 heteroatoms. The highest BCUT2D eigenvalue weighted by Gasteiger charge is 2.40. The number of hydrogen-bond acceptors (Lipinski definition) is 7. The van der Waals surface area contributed by atoms with Gasteiger partial charge in [0.1, 0.15) is 11.3 Å². The zero-order valence-electron chi connectivity index (χ0n) is 38.3. The van der Waals surface area contributed by atoms with Gasteiger partial charge < -0.3 is 30.7 Å². The molecule has 0 saturated heterocycles. The van der Waals surface area contributed by atoms with Crippen LogP contribution in [0.1, 0.15) is 135 Å². The summed E-state index contributed by atoms with van der Waals surface area (Å²) in [6, 6.07) is 16.9. The lowest BCUT2D eigenvalue weighted by molar-refractivity contribution is -0.118. The molecule has 3 rings (SSSR count). The third kappa shape index (κ3) is 15.1. The Kier molecular flexibility index (Phi) is 19.5. The van der Waals surface area contributed by atoms with Crippen molar-refractivity contribution >= 4 is 40.8 Å². The summed E-state index contributed by atoms with van der Waals surface area (Å²) < 4.78 is 10.1. The summed E-state index contributed by atoms with van der Waals surface area (Å²) in [6.45, 7) is 25.6. The van der Waals surface area contributed by atoms with Crippen molar-refractivity contribution in [2.24, 2.45) is 40.2 Å². The van der Waals surface area contributed by atoms with Gasteiger partial charge in [-0.1, -0.05) is 124 Å². The normalized spacial score (nSPS) is 15.1. The molecule has 3 aromatic carbocycles. The zero-order valence-corrected chi connectivity index (χ0v) is 39.8. The molecule has 0 aromatic heterocycles. The lowest BCUT2D eigenvalue weighted by Gasteiger charge is -2.39. The number of esters is 1. The van der Waals surface area contributed by atoms with Gasteiger partial charge in [-0.05, 0) is 108 Å². The second-order valence-electron chi connectivity index (χ2n) is 19.6. The van der Waals surface area contributed by atoms with Crippen LogP contribution in [-0.2, 0) is 33.3 Å². The molecule has 0 radical (unpaired) electrons. The zero-order chi connectivity index (χ0) is 45.1. The number of nitrogens with two attached hydrogens (primary N) is 1. The summed E-state index contributed by atoms with van der Waals surface area (Å²) in [5, 5.41) is 24.4. The van der Waals surface area contributed by atoms with Crippen LogP contribution in [0.4, 0.5) is 5.69 Å². The number of methoxy groups -OCH3 is 2. The molecule has 59 heavy (non-hydrogen) atoms. The molecule has 0 spiro atoms. The molecule has 4 atom stereocenters. The van der Waals surface area contributed by atoms with Crippen molar-refractivity contribution in [3.63, 3.8) is 0 Å². The molecule has 1 amide bonds. The van der Waals surface area contributed by atoms with Crippen LogP contribution in [0.15, 0.2) is 54.6 Å². The number of aryl methyl sites for hydroxylation is 2. The van der Waals surface area contributed by atoms with Crippen LogP contribution in [0, 0.1) is 34.5 Å². The van der Waals surface area contributed by atoms with Gasteiger partial charge in [-0.15, -0.1) is 0 Å². The molecular weight excluding hydrogens is 783 g/mol. The van der Waals surface area contributed by atoms with Crippen LogP contribution in [-0.4, -0.2) is 49.5 Å². The van der Waals surface area contributed by atoms with E-state index in [1.54, 1.807) is 18.2 Å². The van der Waals surface area contributed by atoms with E-state index in [9.17, 15) is 19.8 Å². The third-order valence-corrected chi connectivity index (χ3v) is 12.4. The maximum absolute atomic E-state index is 13.3. The van der Waals surface area contributed by atoms with Gasteiger partial charge in [0.15, 0.2) is 0 Å². The first-order chi connectivity index (χ1) is 27.2. The van der Waals surface area contributed by atoms with Crippen molar-refractivity contribution in [3.05, 3.63) is 92.5 Å². The molecule has 0 fully saturated rings. The molecule has 0 aliphatic rings. The van der Waals surface area contributed by atoms with Crippen molar-refractivity contribution in [2.75, 3.05) is 32.8 Å². The molecule has 0 heterocycles. The van der Waals surface area contributed by atoms with Gasteiger partial charge in [0, 0.05) is 58.3 Å². The molecule has 3 aromatic rings. The first kappa shape index (κ1) is 52.0. The Balaban J connectivity index is 0.000000464. The number of anilines is 1. The van der Waals surface area contributed by atoms with E-state index in [0.29, 0.717) is 27.8 Å². The smallest absolute Gasteiger partial charge is 0.341 e. The quantitative estimate of drug-likeness (QED) is 0.0994. The fourth-order valence-corrected chi connectivity index (χ4v) is 8.25. The Morgan fingerprint density at radius 2 is 1.19 bits per heavy atom. The first-order valence-corrected chi connectivity index (χ1v) is 21.6. The van der Waals surface area contributed by atoms with Gasteiger partial charge in [0.05, 0.1) is 14.2 Å². The number of nitrogens with one attached hydrogen (secondary N) is 1. The Hall–Kier alpha value is -3.14. The minimum Gasteiger partial charge on any atom is -0.496 e. The number of halogens is 2. The highest BCUT2D eigenvalue weighted by molar-refractivity contribution is 6.31. The van der Waals surface area contributed by atoms with Crippen molar-refractivity contribution in [1.29, 1.82) is 0 Å². The number of hydrogen-bond donors (Lipinski definition) is 4. The summed E-state index contributed by atoms with van der Waals surface area (Å²) in [7, 11) is 2.75. The SMILES string of the molecule is CC(C)C(CO)[C@@](C)(N)c1ccc(CCC(C)(C)C)c(Cl)c1.COC(=O)c1ccc(NC(=O)C[C@@](C)(c2ccc(CCC(C)(C)C)c(Cl)c2)C(CO)C(C)C)cc1OC. The van der Waals surface area contributed by atoms with E-state index in [4.69, 9.17) is 38.4 Å². The van der Waals surface area contributed by atoms with Gasteiger partial charge in [0.2, 0.25) is 5.91 Å². The van der Waals surface area contributed by atoms with Gasteiger partial charge in [-0.2, -0.15) is 0 Å². The van der Waals surface area contributed by atoms with Crippen LogP contribution in [0.3, 0.4) is 0 Å². The fourth-order valence-electron chi connectivity index (χ4n) is 7.70. The Morgan fingerprint density at radius 1 is 0.712 bits per heavy atom. The summed E-state index contributed by atoms with van der Waals surface area (Å²) >= 11 is 13.2. The Labute approximate surface area is 365 Å². The average molecular weight is 858 g/mol. The molecule has 0 saturated carbocycles. The number of carbonyl (C=O) groups excluding carboxylic acids is 2. The topological polar surface area (TPSA) is 131 Å². The number of aliphatic hydroxyl groups excluding tert-OH is 2. The van der Waals surface area contributed by atoms with E-state index in [-0.39, 0.29) is 54.3 Å². The monoisotopic (exact) mass is 856 g/mol. The minimum absolute atomic E-state index is 0.00370. The minimum atomic E-state index is -0.671. The summed E-state index contributed by atoms with van der Waals surface area (Å²) in [4.78, 5) is 25.3. The van der Waals surface area contributed by atoms with Crippen LogP contribution in [0.25, 0.3) is 0 Å². The highest BCUT2D eigenvalue weighted by Crippen LogP contribution is 2.42. The van der Waals surface area contributed by atoms with E-state index in [1.165, 1.54) is 19.8 Å². The number of carbonyl (C=O) groups is 2. The lowest BCUT2D eigenvalue weighted by atomic mass is 9.65. The van der Waals surface area contributed by atoms with E-state index in [0.717, 1.165) is 47.4 Å². The number of aliphatic hydroxyl groups is 2. The standard InChI is InChI=1S/C30H42ClNO5.C19H32ClNO/c1-19(2)24(18-33)30(6,21-10-9-20(25(31)15-21)13-14-29(3,4)5)17-27(34)32-22-11-12-23(28(35)37-8)26(16-22)36-7;1-13(2)16(12-22)19(6,21)15-8-7-14(17(20)11-15)9-10-18(3,4)5/h9-12,15-16,19,24,33H,13-14,17-18H2,1-8H3,(H,32,34);7-8,11,13,16,22H,9-10,12,21H2,1-6H3/t24?,30-;16?,19-/m00/s1. The van der Waals surface area contributed by atoms with Crippen molar-refractivity contribution in [3.8, 4) is 5.75 Å². The predicted molar refractivity (Wildman–Crippen MR) is 246 cm³/mol. The number of amides is 1. The molecule has 0 bridgehead atoms. The summed E-state index contributed by atoms with van der Waals surface area (Å²) in [6.07, 6.45) is 4.08. The van der Waals surface area contributed by atoms with Gasteiger partial charge >= 0.3 is 5.97 Å². The Morgan fingerprint density at radius 3 is 1.59 bits per heavy atom. The van der Waals surface area contributed by atoms with Crippen LogP contribution >= 0.6 is 23.2 Å². The predicted octanol–water partition coefficient (Wildman–Crippen LogP) is 11.4. The van der Waals surface area contributed by atoms with Crippen LogP contribution in [0.2, 0.25) is 10.0 Å². The number of benzene rings is 3. The molecule has 8 nitrogen and oxygen atoms in total. The maximum atomic E-state index is 13.3. The van der Waals surface area contributed by atoms with Gasteiger partial charge in [-0.25, -0.2) is 4.79 Å². The molecule has 330 valence electrons. The van der Waals surface area contributed by atoms with Crippen molar-refractivity contribution < 1.29 is 29.3 Å². The first-order valence-electron chi connectivity index (χ1n) is 20.9. The summed E-state index contributed by atoms with van der Waals surface area (Å²) in [5.41, 5.74) is 10.7. The second kappa shape index (κ2) is 22.1. The van der Waals surface area contributed by atoms with E-state index < -0.39 is 16.9 Å². The molecule has 0 aliphatic heterocycles. The fraction of sp³-hybridized carbons (Fsp3) is 0.592. The van der Waals surface area contributed by atoms with Crippen molar-refractivity contribution in [1.82, 2.24) is 0 Å². The van der Waals surface area contributed by atoms with Gasteiger partial charge in [-0.3, -0.25) is 4.79 Å². The molecule has 5 N–H and O–H groups in total. The average Bonchev–Trinajstić information content (AvgIpc) is 3.12. The highest BCUT2D eigenvalue weighted by atomic mass is 35.5. The lowest BCUT2D eigenvalue weighted by Crippen LogP contribution is -2.45. The summed E-state index contributed by atoms with van der Waals surface area (Å²) in [5.74, 6) is -0.174. The Bertz CT molecular complexity index is 1830. The maximum Gasteiger partial charge on any atom is 0.341 e. The van der Waals surface area contributed by atoms with Gasteiger partial charge in [0.25, 0.3) is 0 Å².